The quantitative estimate of drug-likeness (QED) is 0.793. The average Bonchev–Trinajstić information content (AvgIpc) is 2.47. The predicted molar refractivity (Wildman–Crippen MR) is 81.3 cm³/mol. The van der Waals surface area contributed by atoms with Gasteiger partial charge in [0, 0.05) is 10.9 Å². The molecule has 0 saturated carbocycles. The van der Waals surface area contributed by atoms with Gasteiger partial charge in [-0.15, -0.1) is 0 Å². The summed E-state index contributed by atoms with van der Waals surface area (Å²) in [7, 11) is -6.37. The van der Waals surface area contributed by atoms with E-state index in [1.165, 1.54) is 12.1 Å². The van der Waals surface area contributed by atoms with Crippen molar-refractivity contribution in [2.75, 3.05) is 0 Å². The van der Waals surface area contributed by atoms with Crippen molar-refractivity contribution in [3.8, 4) is 5.75 Å². The summed E-state index contributed by atoms with van der Waals surface area (Å²) in [5.41, 5.74) is 0.774. The topological polar surface area (TPSA) is 72.8 Å². The second-order valence-corrected chi connectivity index (χ2v) is 6.55. The smallest absolute Gasteiger partial charge is 0.263 e. The summed E-state index contributed by atoms with van der Waals surface area (Å²) in [6.07, 6.45) is 1.59. The van der Waals surface area contributed by atoms with Gasteiger partial charge in [-0.05, 0) is 29.8 Å². The molecule has 110 valence electrons. The number of para-hydroxylation sites is 1. The first-order chi connectivity index (χ1) is 10.0. The molecule has 0 saturated heterocycles. The first-order valence-corrected chi connectivity index (χ1v) is 8.34. The van der Waals surface area contributed by atoms with Crippen molar-refractivity contribution in [3.63, 3.8) is 0 Å². The van der Waals surface area contributed by atoms with Crippen LogP contribution in [0.5, 0.6) is 5.75 Å². The molecule has 0 aliphatic carbocycles. The molecule has 7 heteroatoms. The number of hydrogen-bond donors (Lipinski definition) is 0. The third kappa shape index (κ3) is 4.17. The van der Waals surface area contributed by atoms with Crippen LogP contribution in [0.3, 0.4) is 0 Å². The lowest BCUT2D eigenvalue weighted by molar-refractivity contribution is 0.529. The van der Waals surface area contributed by atoms with Gasteiger partial charge in [0.05, 0.1) is 4.90 Å². The first kappa shape index (κ1) is 15.3. The summed E-state index contributed by atoms with van der Waals surface area (Å²) in [6.45, 7) is 3.58. The molecule has 2 rings (SSSR count). The Morgan fingerprint density at radius 2 is 1.67 bits per heavy atom. The van der Waals surface area contributed by atoms with Crippen molar-refractivity contribution in [2.45, 2.75) is 4.90 Å². The Morgan fingerprint density at radius 1 is 1.05 bits per heavy atom. The van der Waals surface area contributed by atoms with Crippen molar-refractivity contribution < 1.29 is 16.8 Å². The number of benzene rings is 2. The lowest BCUT2D eigenvalue weighted by Gasteiger charge is -2.09. The zero-order valence-electron chi connectivity index (χ0n) is 10.9. The molecule has 0 aliphatic rings. The third-order valence-corrected chi connectivity index (χ3v) is 4.96. The zero-order valence-corrected chi connectivity index (χ0v) is 12.5. The largest absolute Gasteiger partial charge is 0.546 e. The molecule has 0 radical (unpaired) electrons. The minimum atomic E-state index is -4.04. The van der Waals surface area contributed by atoms with E-state index < -0.39 is 20.9 Å². The second kappa shape index (κ2) is 6.55. The van der Waals surface area contributed by atoms with Crippen molar-refractivity contribution in [3.05, 3.63) is 66.7 Å². The van der Waals surface area contributed by atoms with Crippen molar-refractivity contribution in [1.29, 1.82) is 0 Å². The molecule has 0 heterocycles. The molecule has 21 heavy (non-hydrogen) atoms. The van der Waals surface area contributed by atoms with Crippen molar-refractivity contribution in [1.82, 2.24) is 0 Å². The molecule has 0 aromatic heterocycles. The minimum absolute atomic E-state index is 0.0573. The van der Waals surface area contributed by atoms with Gasteiger partial charge in [-0.2, -0.15) is 0 Å². The Kier molecular flexibility index (Phi) is 4.77. The molecule has 0 aliphatic heterocycles. The Bertz CT molecular complexity index is 806. The summed E-state index contributed by atoms with van der Waals surface area (Å²) < 4.78 is 43.7. The number of rotatable bonds is 5. The maximum atomic E-state index is 12.0. The van der Waals surface area contributed by atoms with E-state index in [4.69, 9.17) is 4.18 Å². The summed E-state index contributed by atoms with van der Waals surface area (Å²) in [4.78, 5) is -0.0573. The highest BCUT2D eigenvalue weighted by molar-refractivity contribution is 7.95. The lowest BCUT2D eigenvalue weighted by atomic mass is 10.2. The number of nitrogens with zero attached hydrogens (tertiary/aromatic N) is 1. The lowest BCUT2D eigenvalue weighted by Crippen LogP contribution is -1.99. The molecule has 2 aromatic rings. The SMILES string of the molecule is C=Cc1ccc(S(=O)(=O)/N=[S-](=O)/Oc2ccccc2)cc1. The van der Waals surface area contributed by atoms with Gasteiger partial charge < -0.3 is 8.39 Å². The van der Waals surface area contributed by atoms with Crippen molar-refractivity contribution >= 4 is 27.0 Å². The van der Waals surface area contributed by atoms with E-state index in [1.807, 2.05) is 0 Å². The summed E-state index contributed by atoms with van der Waals surface area (Å²) >= 11 is 0. The van der Waals surface area contributed by atoms with Crippen LogP contribution in [-0.4, -0.2) is 8.42 Å². The molecular weight excluding hydrogens is 310 g/mol. The van der Waals surface area contributed by atoms with Crippen LogP contribution in [0.25, 0.3) is 6.08 Å². The van der Waals surface area contributed by atoms with Gasteiger partial charge in [-0.25, -0.2) is 12.2 Å². The maximum Gasteiger partial charge on any atom is 0.263 e. The molecule has 0 bridgehead atoms. The highest BCUT2D eigenvalue weighted by atomic mass is 32.3. The fourth-order valence-corrected chi connectivity index (χ4v) is 3.34. The summed E-state index contributed by atoms with van der Waals surface area (Å²) in [5.74, 6) is 0.275. The van der Waals surface area contributed by atoms with Gasteiger partial charge in [-0.3, -0.25) is 0 Å². The van der Waals surface area contributed by atoms with Crippen LogP contribution in [0.4, 0.5) is 0 Å². The van der Waals surface area contributed by atoms with E-state index in [2.05, 4.69) is 10.3 Å². The fraction of sp³-hybridized carbons (Fsp3) is 0. The normalized spacial score (nSPS) is 12.8. The van der Waals surface area contributed by atoms with Gasteiger partial charge in [0.25, 0.3) is 10.0 Å². The van der Waals surface area contributed by atoms with E-state index in [0.717, 1.165) is 5.56 Å². The fourth-order valence-electron chi connectivity index (χ4n) is 1.47. The molecular formula is C14H12NO4S2-. The Labute approximate surface area is 125 Å². The second-order valence-electron chi connectivity index (χ2n) is 3.94. The van der Waals surface area contributed by atoms with E-state index in [-0.39, 0.29) is 10.6 Å². The maximum absolute atomic E-state index is 12.0. The Hall–Kier alpha value is -2.12. The van der Waals surface area contributed by atoms with Gasteiger partial charge in [0.1, 0.15) is 5.75 Å². The van der Waals surface area contributed by atoms with E-state index in [9.17, 15) is 12.6 Å². The standard InChI is InChI=1S/C14H12NO4S2/c1-2-12-8-10-14(11-9-12)21(17,18)15-20(16)19-13-6-4-3-5-7-13/h2-11H,1H2/q-1. The molecule has 0 N–H and O–H groups in total. The molecule has 0 unspecified atom stereocenters. The number of sulfonamides is 1. The molecule has 0 fully saturated rings. The number of hydrogen-bond acceptors (Lipinski definition) is 5. The van der Waals surface area contributed by atoms with Crippen LogP contribution in [0.1, 0.15) is 5.56 Å². The van der Waals surface area contributed by atoms with Crippen LogP contribution in [0, 0.1) is 0 Å². The Balaban J connectivity index is 2.24. The molecule has 0 spiro atoms. The van der Waals surface area contributed by atoms with Crippen molar-refractivity contribution in [2.24, 2.45) is 3.77 Å². The van der Waals surface area contributed by atoms with Gasteiger partial charge in [0.2, 0.25) is 0 Å². The van der Waals surface area contributed by atoms with Gasteiger partial charge >= 0.3 is 0 Å². The van der Waals surface area contributed by atoms with Crippen LogP contribution < -0.4 is 4.18 Å². The van der Waals surface area contributed by atoms with Crippen LogP contribution in [0.15, 0.2) is 69.8 Å². The van der Waals surface area contributed by atoms with Gasteiger partial charge in [0.15, 0.2) is 0 Å². The molecule has 0 amide bonds. The van der Waals surface area contributed by atoms with Crippen LogP contribution in [0.2, 0.25) is 0 Å². The van der Waals surface area contributed by atoms with Gasteiger partial charge in [-0.1, -0.05) is 43.0 Å². The minimum Gasteiger partial charge on any atom is -0.546 e. The predicted octanol–water partition coefficient (Wildman–Crippen LogP) is 3.16. The first-order valence-electron chi connectivity index (χ1n) is 5.87. The molecule has 5 nitrogen and oxygen atoms in total. The third-order valence-electron chi connectivity index (χ3n) is 2.48. The monoisotopic (exact) mass is 322 g/mol. The van der Waals surface area contributed by atoms with E-state index in [1.54, 1.807) is 48.5 Å². The van der Waals surface area contributed by atoms with Crippen LogP contribution in [-0.2, 0) is 25.1 Å². The molecule has 2 aromatic carbocycles. The van der Waals surface area contributed by atoms with E-state index in [0.29, 0.717) is 0 Å². The highest BCUT2D eigenvalue weighted by Crippen LogP contribution is 2.15. The average molecular weight is 322 g/mol. The summed E-state index contributed by atoms with van der Waals surface area (Å²) in [6, 6.07) is 14.1. The molecule has 0 atom stereocenters. The van der Waals surface area contributed by atoms with Crippen LogP contribution >= 0.6 is 0 Å². The zero-order chi connectivity index (χ0) is 15.3. The highest BCUT2D eigenvalue weighted by Gasteiger charge is 2.09. The summed E-state index contributed by atoms with van der Waals surface area (Å²) in [5, 5.41) is 0. The Morgan fingerprint density at radius 3 is 2.24 bits per heavy atom. The van der Waals surface area contributed by atoms with E-state index >= 15 is 0 Å².